The summed E-state index contributed by atoms with van der Waals surface area (Å²) in [5.74, 6) is 0.919. The van der Waals surface area contributed by atoms with Crippen molar-refractivity contribution in [1.29, 1.82) is 0 Å². The molecule has 7 heteroatoms. The zero-order valence-corrected chi connectivity index (χ0v) is 19.3. The van der Waals surface area contributed by atoms with Gasteiger partial charge in [-0.2, -0.15) is 0 Å². The van der Waals surface area contributed by atoms with E-state index in [4.69, 9.17) is 4.74 Å². The van der Waals surface area contributed by atoms with Crippen LogP contribution in [0.25, 0.3) is 0 Å². The van der Waals surface area contributed by atoms with Crippen LogP contribution in [0.4, 0.5) is 11.4 Å². The largest absolute Gasteiger partial charge is 0.492 e. The molecule has 31 heavy (non-hydrogen) atoms. The highest BCUT2D eigenvalue weighted by atomic mass is 79.9. The molecule has 0 saturated carbocycles. The number of hydrogen-bond acceptors (Lipinski definition) is 4. The van der Waals surface area contributed by atoms with Gasteiger partial charge in [-0.15, -0.1) is 11.8 Å². The Hall–Kier alpha value is -2.77. The maximum atomic E-state index is 12.8. The van der Waals surface area contributed by atoms with Gasteiger partial charge in [-0.05, 0) is 55.0 Å². The van der Waals surface area contributed by atoms with Gasteiger partial charge in [0.25, 0.3) is 5.91 Å². The zero-order chi connectivity index (χ0) is 21.8. The molecule has 5 nitrogen and oxygen atoms in total. The summed E-state index contributed by atoms with van der Waals surface area (Å²) in [5.41, 5.74) is 2.94. The fourth-order valence-corrected chi connectivity index (χ4v) is 5.03. The molecule has 1 N–H and O–H groups in total. The minimum Gasteiger partial charge on any atom is -0.492 e. The number of halogens is 1. The van der Waals surface area contributed by atoms with Crippen LogP contribution in [0, 0.1) is 0 Å². The molecular weight excluding hydrogens is 476 g/mol. The molecule has 4 rings (SSSR count). The van der Waals surface area contributed by atoms with Crippen molar-refractivity contribution < 1.29 is 14.3 Å². The number of para-hydroxylation sites is 2. The lowest BCUT2D eigenvalue weighted by atomic mass is 10.1. The molecule has 3 aromatic rings. The van der Waals surface area contributed by atoms with E-state index in [9.17, 15) is 9.59 Å². The van der Waals surface area contributed by atoms with E-state index in [0.717, 1.165) is 15.7 Å². The maximum Gasteiger partial charge on any atom is 0.255 e. The Kier molecular flexibility index (Phi) is 6.63. The molecule has 1 aliphatic heterocycles. The first-order valence-corrected chi connectivity index (χ1v) is 11.7. The third kappa shape index (κ3) is 4.78. The van der Waals surface area contributed by atoms with Crippen LogP contribution in [-0.2, 0) is 4.79 Å². The number of nitrogens with one attached hydrogen (secondary N) is 1. The van der Waals surface area contributed by atoms with E-state index in [1.54, 1.807) is 28.8 Å². The molecule has 0 spiro atoms. The highest BCUT2D eigenvalue weighted by molar-refractivity contribution is 9.10. The predicted molar refractivity (Wildman–Crippen MR) is 129 cm³/mol. The Bertz CT molecular complexity index is 1120. The molecule has 0 aromatic heterocycles. The van der Waals surface area contributed by atoms with Gasteiger partial charge in [-0.3, -0.25) is 14.5 Å². The molecule has 3 aromatic carbocycles. The number of hydrogen-bond donors (Lipinski definition) is 1. The van der Waals surface area contributed by atoms with E-state index in [1.807, 2.05) is 67.6 Å². The van der Waals surface area contributed by atoms with Gasteiger partial charge in [0.1, 0.15) is 11.1 Å². The average Bonchev–Trinajstić information content (AvgIpc) is 3.16. The SMILES string of the molecule is CCOc1ccccc1N1C(=O)CSC1c1cccc(NC(=O)c2cccc(Br)c2)c1. The van der Waals surface area contributed by atoms with E-state index < -0.39 is 0 Å². The number of amides is 2. The molecule has 1 aliphatic rings. The molecule has 2 amide bonds. The quantitative estimate of drug-likeness (QED) is 0.462. The number of carbonyl (C=O) groups is 2. The Morgan fingerprint density at radius 1 is 1.13 bits per heavy atom. The first-order chi connectivity index (χ1) is 15.1. The van der Waals surface area contributed by atoms with Crippen LogP contribution < -0.4 is 15.0 Å². The molecule has 1 unspecified atom stereocenters. The van der Waals surface area contributed by atoms with Crippen molar-refractivity contribution in [2.75, 3.05) is 22.6 Å². The summed E-state index contributed by atoms with van der Waals surface area (Å²) in [6.07, 6.45) is 0. The maximum absolute atomic E-state index is 12.8. The minimum absolute atomic E-state index is 0.0331. The summed E-state index contributed by atoms with van der Waals surface area (Å²) < 4.78 is 6.60. The van der Waals surface area contributed by atoms with Gasteiger partial charge in [0.15, 0.2) is 0 Å². The highest BCUT2D eigenvalue weighted by Crippen LogP contribution is 2.45. The molecule has 1 heterocycles. The minimum atomic E-state index is -0.197. The lowest BCUT2D eigenvalue weighted by molar-refractivity contribution is -0.115. The van der Waals surface area contributed by atoms with E-state index >= 15 is 0 Å². The van der Waals surface area contributed by atoms with Crippen LogP contribution in [0.5, 0.6) is 5.75 Å². The standard InChI is InChI=1S/C24H21BrN2O3S/c1-2-30-21-12-4-3-11-20(21)27-22(28)15-31-24(27)17-8-6-10-19(14-17)26-23(29)16-7-5-9-18(25)13-16/h3-14,24H,2,15H2,1H3,(H,26,29). The molecule has 1 fully saturated rings. The third-order valence-electron chi connectivity index (χ3n) is 4.81. The van der Waals surface area contributed by atoms with Crippen molar-refractivity contribution in [3.63, 3.8) is 0 Å². The summed E-state index contributed by atoms with van der Waals surface area (Å²) >= 11 is 4.95. The second-order valence-electron chi connectivity index (χ2n) is 6.92. The lowest BCUT2D eigenvalue weighted by Gasteiger charge is -2.26. The number of ether oxygens (including phenoxy) is 1. The van der Waals surface area contributed by atoms with Crippen molar-refractivity contribution in [2.45, 2.75) is 12.3 Å². The first kappa shape index (κ1) is 21.5. The third-order valence-corrected chi connectivity index (χ3v) is 6.51. The summed E-state index contributed by atoms with van der Waals surface area (Å²) in [7, 11) is 0. The van der Waals surface area contributed by atoms with Crippen molar-refractivity contribution in [1.82, 2.24) is 0 Å². The van der Waals surface area contributed by atoms with Crippen LogP contribution in [-0.4, -0.2) is 24.2 Å². The number of nitrogens with zero attached hydrogens (tertiary/aromatic N) is 1. The van der Waals surface area contributed by atoms with E-state index in [-0.39, 0.29) is 17.2 Å². The van der Waals surface area contributed by atoms with E-state index in [2.05, 4.69) is 21.2 Å². The van der Waals surface area contributed by atoms with Gasteiger partial charge in [0.05, 0.1) is 18.0 Å². The monoisotopic (exact) mass is 496 g/mol. The lowest BCUT2D eigenvalue weighted by Crippen LogP contribution is -2.28. The topological polar surface area (TPSA) is 58.6 Å². The highest BCUT2D eigenvalue weighted by Gasteiger charge is 2.35. The smallest absolute Gasteiger partial charge is 0.255 e. The van der Waals surface area contributed by atoms with Crippen LogP contribution in [0.15, 0.2) is 77.3 Å². The molecule has 1 atom stereocenters. The van der Waals surface area contributed by atoms with Crippen molar-refractivity contribution >= 4 is 50.9 Å². The second-order valence-corrected chi connectivity index (χ2v) is 8.90. The van der Waals surface area contributed by atoms with Crippen LogP contribution in [0.3, 0.4) is 0 Å². The molecule has 158 valence electrons. The summed E-state index contributed by atoms with van der Waals surface area (Å²) in [6.45, 7) is 2.44. The van der Waals surface area contributed by atoms with E-state index in [1.165, 1.54) is 0 Å². The number of carbonyl (C=O) groups excluding carboxylic acids is 2. The van der Waals surface area contributed by atoms with Crippen molar-refractivity contribution in [3.05, 3.63) is 88.4 Å². The number of anilines is 2. The van der Waals surface area contributed by atoms with Gasteiger partial charge < -0.3 is 10.1 Å². The Labute approximate surface area is 193 Å². The summed E-state index contributed by atoms with van der Waals surface area (Å²) in [5, 5.41) is 2.75. The average molecular weight is 497 g/mol. The van der Waals surface area contributed by atoms with Crippen molar-refractivity contribution in [3.8, 4) is 5.75 Å². The number of thioether (sulfide) groups is 1. The zero-order valence-electron chi connectivity index (χ0n) is 16.9. The van der Waals surface area contributed by atoms with Crippen LogP contribution in [0.2, 0.25) is 0 Å². The Balaban J connectivity index is 1.61. The Morgan fingerprint density at radius 2 is 1.94 bits per heavy atom. The summed E-state index contributed by atoms with van der Waals surface area (Å²) in [6, 6.07) is 22.4. The van der Waals surface area contributed by atoms with Gasteiger partial charge >= 0.3 is 0 Å². The van der Waals surface area contributed by atoms with Gasteiger partial charge in [0.2, 0.25) is 5.91 Å². The van der Waals surface area contributed by atoms with Gasteiger partial charge in [-0.1, -0.05) is 46.3 Å². The molecule has 0 radical (unpaired) electrons. The van der Waals surface area contributed by atoms with Crippen LogP contribution in [0.1, 0.15) is 28.2 Å². The fourth-order valence-electron chi connectivity index (χ4n) is 3.47. The van der Waals surface area contributed by atoms with Crippen molar-refractivity contribution in [2.24, 2.45) is 0 Å². The summed E-state index contributed by atoms with van der Waals surface area (Å²) in [4.78, 5) is 27.2. The first-order valence-electron chi connectivity index (χ1n) is 9.89. The molecule has 1 saturated heterocycles. The number of benzene rings is 3. The molecular formula is C24H21BrN2O3S. The predicted octanol–water partition coefficient (Wildman–Crippen LogP) is 5.88. The normalized spacial score (nSPS) is 15.7. The Morgan fingerprint density at radius 3 is 2.74 bits per heavy atom. The van der Waals surface area contributed by atoms with Gasteiger partial charge in [0, 0.05) is 15.7 Å². The van der Waals surface area contributed by atoms with E-state index in [0.29, 0.717) is 29.4 Å². The number of rotatable bonds is 6. The van der Waals surface area contributed by atoms with Crippen LogP contribution >= 0.6 is 27.7 Å². The molecule has 0 bridgehead atoms. The second kappa shape index (κ2) is 9.58. The fraction of sp³-hybridized carbons (Fsp3) is 0.167. The molecule has 0 aliphatic carbocycles. The van der Waals surface area contributed by atoms with Gasteiger partial charge in [-0.25, -0.2) is 0 Å².